The number of rotatable bonds is 25. The Bertz CT molecular complexity index is 1210. The number of unbranched alkanes of at least 4 members (excludes halogenated alkanes) is 8. The lowest BCUT2D eigenvalue weighted by Crippen LogP contribution is -2.55. The van der Waals surface area contributed by atoms with Crippen LogP contribution < -0.4 is 10.1 Å². The fourth-order valence-electron chi connectivity index (χ4n) is 4.84. The van der Waals surface area contributed by atoms with Crippen LogP contribution in [0.3, 0.4) is 0 Å². The Morgan fingerprint density at radius 1 is 0.913 bits per heavy atom. The number of ether oxygens (including phenoxy) is 1. The van der Waals surface area contributed by atoms with Crippen molar-refractivity contribution in [3.8, 4) is 17.6 Å². The van der Waals surface area contributed by atoms with Crippen LogP contribution in [0.2, 0.25) is 0 Å². The number of benzene rings is 1. The van der Waals surface area contributed by atoms with Gasteiger partial charge in [0.25, 0.3) is 0 Å². The van der Waals surface area contributed by atoms with Crippen molar-refractivity contribution in [2.24, 2.45) is 5.92 Å². The summed E-state index contributed by atoms with van der Waals surface area (Å²) in [6.07, 6.45) is 11.2. The fraction of sp³-hybridized carbons (Fsp3) is 0.571. The molecule has 0 aromatic heterocycles. The van der Waals surface area contributed by atoms with Crippen molar-refractivity contribution in [3.05, 3.63) is 42.0 Å². The van der Waals surface area contributed by atoms with Crippen LogP contribution in [0.4, 0.5) is 0 Å². The van der Waals surface area contributed by atoms with Gasteiger partial charge in [0, 0.05) is 19.3 Å². The number of hydrogen-bond donors (Lipinski definition) is 5. The minimum absolute atomic E-state index is 0.168. The van der Waals surface area contributed by atoms with E-state index in [0.717, 1.165) is 51.0 Å². The zero-order valence-electron chi connectivity index (χ0n) is 27.0. The normalized spacial score (nSPS) is 13.5. The summed E-state index contributed by atoms with van der Waals surface area (Å²) in [5, 5.41) is 41.9. The van der Waals surface area contributed by atoms with E-state index in [9.17, 15) is 44.4 Å². The fourth-order valence-corrected chi connectivity index (χ4v) is 4.84. The van der Waals surface area contributed by atoms with Crippen LogP contribution in [0.25, 0.3) is 0 Å². The highest BCUT2D eigenvalue weighted by atomic mass is 16.5. The van der Waals surface area contributed by atoms with E-state index < -0.39 is 47.8 Å². The van der Waals surface area contributed by atoms with Gasteiger partial charge in [-0.2, -0.15) is 0 Å². The molecule has 0 saturated heterocycles. The van der Waals surface area contributed by atoms with Gasteiger partial charge in [0.1, 0.15) is 24.2 Å². The van der Waals surface area contributed by atoms with Gasteiger partial charge < -0.3 is 30.5 Å². The zero-order chi connectivity index (χ0) is 34.4. The monoisotopic (exact) mass is 643 g/mol. The predicted octanol–water partition coefficient (Wildman–Crippen LogP) is 4.93. The molecule has 5 N–H and O–H groups in total. The number of carboxylic acid groups (broad SMARTS) is 3. The number of nitrogens with one attached hydrogen (secondary N) is 1. The smallest absolute Gasteiger partial charge is 0.337 e. The molecule has 1 rings (SSSR count). The van der Waals surface area contributed by atoms with E-state index in [-0.39, 0.29) is 18.8 Å². The Kier molecular flexibility index (Phi) is 19.4. The van der Waals surface area contributed by atoms with Crippen molar-refractivity contribution in [1.82, 2.24) is 5.32 Å². The molecular formula is C35H49NO10. The number of ketones is 1. The van der Waals surface area contributed by atoms with Crippen LogP contribution in [0.15, 0.2) is 36.4 Å². The summed E-state index contributed by atoms with van der Waals surface area (Å²) in [5.74, 6) is -1.77. The van der Waals surface area contributed by atoms with Crippen LogP contribution in [0.5, 0.6) is 5.75 Å². The summed E-state index contributed by atoms with van der Waals surface area (Å²) in [6.45, 7) is 4.01. The lowest BCUT2D eigenvalue weighted by molar-refractivity contribution is -0.172. The quantitative estimate of drug-likeness (QED) is 0.0555. The molecule has 11 nitrogen and oxygen atoms in total. The van der Waals surface area contributed by atoms with Crippen LogP contribution in [-0.4, -0.2) is 68.3 Å². The first-order chi connectivity index (χ1) is 21.9. The standard InChI is InChI=1S/C35H49NO10/c1-3-5-7-10-13-16-27(37)17-14-11-8-9-12-15-18-29(35(45,34(43)44)25-31(38)39)32(40)36-30(33(41)42)24-26-19-21-28(22-20-26)46-23-6-4-2/h15,18-22,29-30,45H,3,5,7-14,16-17,23-25H2,1-2H3,(H,36,40)(H,38,39)(H,41,42)(H,43,44)/b18-15+/t29-,30+,35+/m1/s1. The molecule has 0 radical (unpaired) electrons. The molecule has 3 atom stereocenters. The summed E-state index contributed by atoms with van der Waals surface area (Å²) >= 11 is 0. The zero-order valence-corrected chi connectivity index (χ0v) is 27.0. The Hall–Kier alpha value is -4.17. The van der Waals surface area contributed by atoms with Crippen molar-refractivity contribution in [3.63, 3.8) is 0 Å². The number of carbonyl (C=O) groups is 5. The topological polar surface area (TPSA) is 188 Å². The summed E-state index contributed by atoms with van der Waals surface area (Å²) < 4.78 is 5.44. The van der Waals surface area contributed by atoms with E-state index in [1.165, 1.54) is 12.5 Å². The molecule has 11 heteroatoms. The molecule has 1 aromatic carbocycles. The van der Waals surface area contributed by atoms with Gasteiger partial charge in [0.2, 0.25) is 5.91 Å². The molecule has 0 saturated carbocycles. The van der Waals surface area contributed by atoms with E-state index in [2.05, 4.69) is 24.1 Å². The number of amides is 1. The van der Waals surface area contributed by atoms with E-state index in [0.29, 0.717) is 37.0 Å². The lowest BCUT2D eigenvalue weighted by atomic mass is 9.82. The first-order valence-corrected chi connectivity index (χ1v) is 15.9. The van der Waals surface area contributed by atoms with Crippen LogP contribution >= 0.6 is 0 Å². The third-order valence-corrected chi connectivity index (χ3v) is 7.52. The lowest BCUT2D eigenvalue weighted by Gasteiger charge is -2.29. The second-order valence-electron chi connectivity index (χ2n) is 11.3. The molecule has 0 heterocycles. The van der Waals surface area contributed by atoms with Crippen molar-refractivity contribution >= 4 is 29.6 Å². The maximum Gasteiger partial charge on any atom is 0.337 e. The molecule has 0 unspecified atom stereocenters. The molecule has 0 spiro atoms. The van der Waals surface area contributed by atoms with Gasteiger partial charge >= 0.3 is 17.9 Å². The van der Waals surface area contributed by atoms with Gasteiger partial charge in [-0.05, 0) is 50.3 Å². The molecule has 1 aromatic rings. The minimum Gasteiger partial charge on any atom is -0.481 e. The van der Waals surface area contributed by atoms with Crippen molar-refractivity contribution in [1.29, 1.82) is 0 Å². The second kappa shape index (κ2) is 22.4. The molecule has 0 aliphatic rings. The average molecular weight is 644 g/mol. The van der Waals surface area contributed by atoms with Gasteiger partial charge in [-0.15, -0.1) is 5.92 Å². The summed E-state index contributed by atoms with van der Waals surface area (Å²) in [5.41, 5.74) is -2.49. The largest absolute Gasteiger partial charge is 0.481 e. The molecule has 46 heavy (non-hydrogen) atoms. The van der Waals surface area contributed by atoms with Crippen molar-refractivity contribution in [2.75, 3.05) is 6.61 Å². The van der Waals surface area contributed by atoms with Crippen molar-refractivity contribution < 1.29 is 49.1 Å². The highest BCUT2D eigenvalue weighted by Crippen LogP contribution is 2.26. The maximum absolute atomic E-state index is 13.3. The Morgan fingerprint density at radius 3 is 2.07 bits per heavy atom. The molecular weight excluding hydrogens is 594 g/mol. The van der Waals surface area contributed by atoms with Gasteiger partial charge in [-0.25, -0.2) is 9.59 Å². The average Bonchev–Trinajstić information content (AvgIpc) is 3.00. The van der Waals surface area contributed by atoms with E-state index in [4.69, 9.17) is 4.74 Å². The molecule has 254 valence electrons. The highest BCUT2D eigenvalue weighted by Gasteiger charge is 2.49. The highest BCUT2D eigenvalue weighted by molar-refractivity contribution is 5.94. The molecule has 0 bridgehead atoms. The Balaban J connectivity index is 2.83. The van der Waals surface area contributed by atoms with Gasteiger partial charge in [0.05, 0.1) is 12.3 Å². The molecule has 0 fully saturated rings. The summed E-state index contributed by atoms with van der Waals surface area (Å²) in [7, 11) is 0. The van der Waals surface area contributed by atoms with E-state index >= 15 is 0 Å². The van der Waals surface area contributed by atoms with Crippen molar-refractivity contribution in [2.45, 2.75) is 115 Å². The predicted molar refractivity (Wildman–Crippen MR) is 172 cm³/mol. The van der Waals surface area contributed by atoms with Crippen LogP contribution in [-0.2, 0) is 30.4 Å². The number of aliphatic hydroxyl groups is 1. The van der Waals surface area contributed by atoms with Gasteiger partial charge in [-0.1, -0.05) is 75.7 Å². The summed E-state index contributed by atoms with van der Waals surface area (Å²) in [4.78, 5) is 60.8. The number of aliphatic carboxylic acids is 3. The van der Waals surface area contributed by atoms with Gasteiger partial charge in [0.15, 0.2) is 5.60 Å². The first-order valence-electron chi connectivity index (χ1n) is 15.9. The minimum atomic E-state index is -3.02. The van der Waals surface area contributed by atoms with E-state index in [1.54, 1.807) is 31.2 Å². The number of carboxylic acids is 3. The number of Topliss-reactive ketones (excluding diaryl/α,β-unsaturated/α-hetero) is 1. The summed E-state index contributed by atoms with van der Waals surface area (Å²) in [6, 6.07) is 4.95. The number of allylic oxidation sites excluding steroid dienone is 1. The molecule has 0 aliphatic heterocycles. The maximum atomic E-state index is 13.3. The first kappa shape index (κ1) is 39.9. The van der Waals surface area contributed by atoms with E-state index in [1.807, 2.05) is 0 Å². The Labute approximate surface area is 271 Å². The number of hydrogen-bond acceptors (Lipinski definition) is 7. The third-order valence-electron chi connectivity index (χ3n) is 7.52. The van der Waals surface area contributed by atoms with Crippen LogP contribution in [0.1, 0.15) is 103 Å². The number of carbonyl (C=O) groups excluding carboxylic acids is 2. The van der Waals surface area contributed by atoms with Crippen LogP contribution in [0, 0.1) is 17.8 Å². The molecule has 1 amide bonds. The molecule has 0 aliphatic carbocycles. The van der Waals surface area contributed by atoms with Gasteiger partial charge in [-0.3, -0.25) is 14.4 Å². The second-order valence-corrected chi connectivity index (χ2v) is 11.3. The third kappa shape index (κ3) is 15.7. The SMILES string of the molecule is CC#CCOc1ccc(C[C@H](NC(=O)[C@@H](/C=C/CCCCCCC(=O)CCCCCCC)[C@@](O)(CC(=O)O)C(=O)O)C(=O)O)cc1. The Morgan fingerprint density at radius 2 is 1.52 bits per heavy atom.